The van der Waals surface area contributed by atoms with Gasteiger partial charge in [0.1, 0.15) is 5.92 Å². The average Bonchev–Trinajstić information content (AvgIpc) is 2.87. The second kappa shape index (κ2) is 6.03. The molecule has 6 nitrogen and oxygen atoms in total. The SMILES string of the molecule is CC(CN1C(=O)NC(=O)C(C2CCCC2)C1=O)S(C)=O. The lowest BCUT2D eigenvalue weighted by atomic mass is 9.87. The van der Waals surface area contributed by atoms with Crippen molar-refractivity contribution in [3.8, 4) is 0 Å². The molecule has 3 atom stereocenters. The van der Waals surface area contributed by atoms with Crippen LogP contribution in [0, 0.1) is 11.8 Å². The Morgan fingerprint density at radius 2 is 1.90 bits per heavy atom. The second-order valence-electron chi connectivity index (χ2n) is 5.57. The topological polar surface area (TPSA) is 83.6 Å². The third kappa shape index (κ3) is 2.92. The van der Waals surface area contributed by atoms with Crippen molar-refractivity contribution in [3.05, 3.63) is 0 Å². The van der Waals surface area contributed by atoms with Crippen LogP contribution in [0.5, 0.6) is 0 Å². The van der Waals surface area contributed by atoms with Crippen molar-refractivity contribution in [2.75, 3.05) is 12.8 Å². The third-order valence-electron chi connectivity index (χ3n) is 4.17. The largest absolute Gasteiger partial charge is 0.330 e. The van der Waals surface area contributed by atoms with Crippen LogP contribution in [0.3, 0.4) is 0 Å². The summed E-state index contributed by atoms with van der Waals surface area (Å²) in [5.74, 6) is -1.63. The number of carbonyl (C=O) groups is 3. The maximum atomic E-state index is 12.4. The highest BCUT2D eigenvalue weighted by atomic mass is 32.2. The van der Waals surface area contributed by atoms with Gasteiger partial charge in [0, 0.05) is 28.9 Å². The fraction of sp³-hybridized carbons (Fsp3) is 0.769. The second-order valence-corrected chi connectivity index (χ2v) is 7.38. The number of amides is 4. The van der Waals surface area contributed by atoms with Crippen molar-refractivity contribution < 1.29 is 18.6 Å². The van der Waals surface area contributed by atoms with Crippen LogP contribution in [-0.4, -0.2) is 45.0 Å². The van der Waals surface area contributed by atoms with Gasteiger partial charge < -0.3 is 0 Å². The van der Waals surface area contributed by atoms with E-state index >= 15 is 0 Å². The molecule has 2 aliphatic rings. The van der Waals surface area contributed by atoms with E-state index in [2.05, 4.69) is 5.32 Å². The Morgan fingerprint density at radius 1 is 1.30 bits per heavy atom. The Hall–Kier alpha value is -1.24. The molecule has 0 spiro atoms. The minimum atomic E-state index is -1.12. The Morgan fingerprint density at radius 3 is 2.45 bits per heavy atom. The standard InChI is InChI=1S/C13H20N2O4S/c1-8(20(2)19)7-15-12(17)10(9-5-3-4-6-9)11(16)14-13(15)18/h8-10H,3-7H2,1-2H3,(H,14,16,18). The molecule has 0 aromatic carbocycles. The van der Waals surface area contributed by atoms with Crippen molar-refractivity contribution in [1.82, 2.24) is 10.2 Å². The van der Waals surface area contributed by atoms with E-state index in [0.717, 1.165) is 30.6 Å². The van der Waals surface area contributed by atoms with Crippen LogP contribution in [0.25, 0.3) is 0 Å². The fourth-order valence-corrected chi connectivity index (χ4v) is 3.23. The van der Waals surface area contributed by atoms with Crippen molar-refractivity contribution in [2.45, 2.75) is 37.9 Å². The number of hydrogen-bond donors (Lipinski definition) is 1. The summed E-state index contributed by atoms with van der Waals surface area (Å²) in [7, 11) is -1.12. The van der Waals surface area contributed by atoms with E-state index in [-0.39, 0.29) is 17.7 Å². The van der Waals surface area contributed by atoms with Gasteiger partial charge in [-0.3, -0.25) is 24.0 Å². The molecule has 0 radical (unpaired) electrons. The summed E-state index contributed by atoms with van der Waals surface area (Å²) >= 11 is 0. The third-order valence-corrected chi connectivity index (χ3v) is 5.45. The molecule has 2 fully saturated rings. The van der Waals surface area contributed by atoms with E-state index in [9.17, 15) is 18.6 Å². The number of hydrogen-bond acceptors (Lipinski definition) is 4. The summed E-state index contributed by atoms with van der Waals surface area (Å²) in [6.07, 6.45) is 5.27. The van der Waals surface area contributed by atoms with Crippen molar-refractivity contribution in [3.63, 3.8) is 0 Å². The van der Waals surface area contributed by atoms with Crippen LogP contribution in [0.1, 0.15) is 32.6 Å². The molecule has 1 saturated heterocycles. The molecule has 112 valence electrons. The van der Waals surface area contributed by atoms with Crippen LogP contribution in [-0.2, 0) is 20.4 Å². The molecule has 0 bridgehead atoms. The summed E-state index contributed by atoms with van der Waals surface area (Å²) in [4.78, 5) is 37.2. The Balaban J connectivity index is 2.15. The molecular formula is C13H20N2O4S. The monoisotopic (exact) mass is 300 g/mol. The molecule has 7 heteroatoms. The molecule has 0 aromatic heterocycles. The molecule has 20 heavy (non-hydrogen) atoms. The van der Waals surface area contributed by atoms with Gasteiger partial charge in [-0.2, -0.15) is 0 Å². The average molecular weight is 300 g/mol. The van der Waals surface area contributed by atoms with Crippen LogP contribution >= 0.6 is 0 Å². The van der Waals surface area contributed by atoms with E-state index in [1.807, 2.05) is 0 Å². The van der Waals surface area contributed by atoms with Gasteiger partial charge in [-0.25, -0.2) is 4.79 Å². The van der Waals surface area contributed by atoms with Crippen molar-refractivity contribution in [2.24, 2.45) is 11.8 Å². The van der Waals surface area contributed by atoms with Gasteiger partial charge in [0.25, 0.3) is 0 Å². The normalized spacial score (nSPS) is 27.6. The van der Waals surface area contributed by atoms with Crippen molar-refractivity contribution >= 4 is 28.6 Å². The zero-order valence-corrected chi connectivity index (χ0v) is 12.6. The number of nitrogens with one attached hydrogen (secondary N) is 1. The minimum Gasteiger partial charge on any atom is -0.277 e. The van der Waals surface area contributed by atoms with Gasteiger partial charge in [-0.15, -0.1) is 0 Å². The quantitative estimate of drug-likeness (QED) is 0.772. The first-order valence-electron chi connectivity index (χ1n) is 6.90. The lowest BCUT2D eigenvalue weighted by Gasteiger charge is -2.33. The number of imide groups is 2. The van der Waals surface area contributed by atoms with Crippen LogP contribution in [0.15, 0.2) is 0 Å². The first kappa shape index (κ1) is 15.2. The van der Waals surface area contributed by atoms with Gasteiger partial charge in [0.2, 0.25) is 11.8 Å². The van der Waals surface area contributed by atoms with E-state index in [1.165, 1.54) is 6.26 Å². The van der Waals surface area contributed by atoms with Gasteiger partial charge in [-0.1, -0.05) is 12.8 Å². The highest BCUT2D eigenvalue weighted by molar-refractivity contribution is 7.84. The first-order chi connectivity index (χ1) is 9.41. The highest BCUT2D eigenvalue weighted by Gasteiger charge is 2.45. The zero-order chi connectivity index (χ0) is 14.9. The zero-order valence-electron chi connectivity index (χ0n) is 11.8. The summed E-state index contributed by atoms with van der Waals surface area (Å²) < 4.78 is 11.4. The van der Waals surface area contributed by atoms with Crippen LogP contribution in [0.4, 0.5) is 4.79 Å². The van der Waals surface area contributed by atoms with E-state index in [4.69, 9.17) is 0 Å². The number of rotatable bonds is 4. The molecule has 1 N–H and O–H groups in total. The lowest BCUT2D eigenvalue weighted by Crippen LogP contribution is -2.60. The fourth-order valence-electron chi connectivity index (χ4n) is 2.87. The Kier molecular flexibility index (Phi) is 4.57. The molecular weight excluding hydrogens is 280 g/mol. The smallest absolute Gasteiger partial charge is 0.277 e. The van der Waals surface area contributed by atoms with E-state index in [1.54, 1.807) is 6.92 Å². The summed E-state index contributed by atoms with van der Waals surface area (Å²) in [5.41, 5.74) is 0. The number of barbiturate groups is 1. The van der Waals surface area contributed by atoms with Gasteiger partial charge in [0.15, 0.2) is 0 Å². The molecule has 0 aromatic rings. The van der Waals surface area contributed by atoms with Gasteiger partial charge in [0.05, 0.1) is 0 Å². The minimum absolute atomic E-state index is 0.0283. The van der Waals surface area contributed by atoms with E-state index in [0.29, 0.717) is 0 Å². The first-order valence-corrected chi connectivity index (χ1v) is 8.52. The predicted octanol–water partition coefficient (Wildman–Crippen LogP) is 0.638. The Bertz CT molecular complexity index is 459. The van der Waals surface area contributed by atoms with E-state index < -0.39 is 34.6 Å². The number of urea groups is 1. The molecule has 1 saturated carbocycles. The molecule has 2 rings (SSSR count). The van der Waals surface area contributed by atoms with Gasteiger partial charge >= 0.3 is 6.03 Å². The van der Waals surface area contributed by atoms with Gasteiger partial charge in [-0.05, 0) is 25.7 Å². The molecule has 1 aliphatic carbocycles. The molecule has 3 unspecified atom stereocenters. The summed E-state index contributed by atoms with van der Waals surface area (Å²) in [6.45, 7) is 1.81. The molecule has 1 heterocycles. The maximum absolute atomic E-state index is 12.4. The Labute approximate surface area is 120 Å². The predicted molar refractivity (Wildman–Crippen MR) is 74.2 cm³/mol. The molecule has 1 aliphatic heterocycles. The van der Waals surface area contributed by atoms with Crippen LogP contribution in [0.2, 0.25) is 0 Å². The number of nitrogens with zero attached hydrogens (tertiary/aromatic N) is 1. The number of carbonyl (C=O) groups excluding carboxylic acids is 3. The molecule has 4 amide bonds. The maximum Gasteiger partial charge on any atom is 0.330 e. The summed E-state index contributed by atoms with van der Waals surface area (Å²) in [5, 5.41) is 1.96. The van der Waals surface area contributed by atoms with Crippen molar-refractivity contribution in [1.29, 1.82) is 0 Å². The highest BCUT2D eigenvalue weighted by Crippen LogP contribution is 2.33. The van der Waals surface area contributed by atoms with Crippen LogP contribution < -0.4 is 5.32 Å². The lowest BCUT2D eigenvalue weighted by molar-refractivity contribution is -0.144. The summed E-state index contributed by atoms with van der Waals surface area (Å²) in [6, 6.07) is -0.688.